The summed E-state index contributed by atoms with van der Waals surface area (Å²) in [6, 6.07) is 9.51. The molecule has 160 valence electrons. The van der Waals surface area contributed by atoms with Gasteiger partial charge < -0.3 is 15.6 Å². The lowest BCUT2D eigenvalue weighted by molar-refractivity contribution is 0.593. The van der Waals surface area contributed by atoms with Crippen LogP contribution in [0.15, 0.2) is 49.1 Å². The van der Waals surface area contributed by atoms with Gasteiger partial charge in [-0.2, -0.15) is 0 Å². The Morgan fingerprint density at radius 3 is 2.74 bits per heavy atom. The van der Waals surface area contributed by atoms with E-state index in [1.54, 1.807) is 24.3 Å². The van der Waals surface area contributed by atoms with Crippen LogP contribution in [0.5, 0.6) is 0 Å². The van der Waals surface area contributed by atoms with E-state index in [1.165, 1.54) is 18.7 Å². The highest BCUT2D eigenvalue weighted by Gasteiger charge is 2.18. The van der Waals surface area contributed by atoms with Crippen LogP contribution in [0.25, 0.3) is 22.4 Å². The quantitative estimate of drug-likeness (QED) is 0.370. The molecule has 0 saturated carbocycles. The number of benzene rings is 2. The summed E-state index contributed by atoms with van der Waals surface area (Å²) in [4.78, 5) is 15.5. The van der Waals surface area contributed by atoms with Gasteiger partial charge in [-0.05, 0) is 24.6 Å². The highest BCUT2D eigenvalue weighted by molar-refractivity contribution is 7.85. The fraction of sp³-hybridized carbons (Fsp3) is 0.190. The number of para-hydroxylation sites is 1. The number of hydrogen-bond donors (Lipinski definition) is 3. The molecule has 0 bridgehead atoms. The molecule has 0 fully saturated rings. The van der Waals surface area contributed by atoms with E-state index < -0.39 is 22.4 Å². The number of imidazole rings is 1. The van der Waals surface area contributed by atoms with Gasteiger partial charge in [-0.15, -0.1) is 0 Å². The van der Waals surface area contributed by atoms with Crippen molar-refractivity contribution in [2.75, 3.05) is 22.3 Å². The lowest BCUT2D eigenvalue weighted by Crippen LogP contribution is -2.12. The molecule has 10 heteroatoms. The predicted octanol–water partition coefficient (Wildman–Crippen LogP) is 4.57. The number of aromatic amines is 1. The SMILES string of the molecule is CCCS(=O)CNc1ccc(F)c(Nc2ccccc2-c2ncnc3nc[nH]c23)c1F. The fourth-order valence-corrected chi connectivity index (χ4v) is 4.08. The van der Waals surface area contributed by atoms with E-state index in [4.69, 9.17) is 0 Å². The first-order chi connectivity index (χ1) is 15.1. The second-order valence-electron chi connectivity index (χ2n) is 6.74. The fourth-order valence-electron chi connectivity index (χ4n) is 3.16. The zero-order valence-corrected chi connectivity index (χ0v) is 17.5. The number of anilines is 3. The van der Waals surface area contributed by atoms with Gasteiger partial charge in [-0.1, -0.05) is 25.1 Å². The average molecular weight is 442 g/mol. The molecule has 0 saturated heterocycles. The second-order valence-corrected chi connectivity index (χ2v) is 8.32. The third-order valence-corrected chi connectivity index (χ3v) is 5.94. The van der Waals surface area contributed by atoms with Gasteiger partial charge in [-0.3, -0.25) is 4.21 Å². The summed E-state index contributed by atoms with van der Waals surface area (Å²) in [6.45, 7) is 1.92. The van der Waals surface area contributed by atoms with Gasteiger partial charge in [0, 0.05) is 27.8 Å². The van der Waals surface area contributed by atoms with E-state index in [0.29, 0.717) is 33.9 Å². The molecule has 2 aromatic heterocycles. The molecule has 3 N–H and O–H groups in total. The number of H-pyrrole nitrogens is 1. The average Bonchev–Trinajstić information content (AvgIpc) is 3.26. The van der Waals surface area contributed by atoms with Crippen molar-refractivity contribution in [3.8, 4) is 11.3 Å². The maximum atomic E-state index is 15.1. The van der Waals surface area contributed by atoms with E-state index in [-0.39, 0.29) is 17.3 Å². The van der Waals surface area contributed by atoms with E-state index >= 15 is 4.39 Å². The minimum absolute atomic E-state index is 0.0730. The Bertz CT molecular complexity index is 1250. The monoisotopic (exact) mass is 442 g/mol. The number of nitrogens with zero attached hydrogens (tertiary/aromatic N) is 3. The summed E-state index contributed by atoms with van der Waals surface area (Å²) in [5.41, 5.74) is 2.50. The lowest BCUT2D eigenvalue weighted by Gasteiger charge is -2.15. The normalized spacial score (nSPS) is 12.1. The standard InChI is InChI=1S/C21H20F2N6OS/c1-2-9-31(30)12-28-16-8-7-14(22)19(17(16)23)29-15-6-4-3-5-13(15)18-20-21(26-10-24-18)27-11-25-20/h3-8,10-11,28-29H,2,9,12H2,1H3,(H,24,25,26,27). The first-order valence-corrected chi connectivity index (χ1v) is 11.1. The lowest BCUT2D eigenvalue weighted by atomic mass is 10.1. The summed E-state index contributed by atoms with van der Waals surface area (Å²) in [6.07, 6.45) is 3.66. The maximum Gasteiger partial charge on any atom is 0.181 e. The van der Waals surface area contributed by atoms with Crippen molar-refractivity contribution in [3.63, 3.8) is 0 Å². The van der Waals surface area contributed by atoms with Crippen molar-refractivity contribution in [2.45, 2.75) is 13.3 Å². The Kier molecular flexibility index (Phi) is 6.17. The molecular weight excluding hydrogens is 422 g/mol. The summed E-state index contributed by atoms with van der Waals surface area (Å²) in [5, 5.41) is 5.66. The highest BCUT2D eigenvalue weighted by atomic mass is 32.2. The Labute approximate surface area is 179 Å². The van der Waals surface area contributed by atoms with Crippen LogP contribution in [0.3, 0.4) is 0 Å². The molecule has 2 aromatic carbocycles. The van der Waals surface area contributed by atoms with E-state index in [2.05, 4.69) is 30.6 Å². The van der Waals surface area contributed by atoms with Crippen LogP contribution in [-0.4, -0.2) is 35.8 Å². The molecular formula is C21H20F2N6OS. The Hall–Kier alpha value is -3.40. The van der Waals surface area contributed by atoms with Gasteiger partial charge >= 0.3 is 0 Å². The van der Waals surface area contributed by atoms with Crippen molar-refractivity contribution in [1.82, 2.24) is 19.9 Å². The van der Waals surface area contributed by atoms with Gasteiger partial charge in [0.25, 0.3) is 0 Å². The summed E-state index contributed by atoms with van der Waals surface area (Å²) in [7, 11) is -1.13. The van der Waals surface area contributed by atoms with Crippen LogP contribution in [0.4, 0.5) is 25.8 Å². The van der Waals surface area contributed by atoms with Crippen LogP contribution in [-0.2, 0) is 10.8 Å². The zero-order valence-electron chi connectivity index (χ0n) is 16.7. The smallest absolute Gasteiger partial charge is 0.181 e. The molecule has 0 spiro atoms. The number of rotatable bonds is 8. The molecule has 1 unspecified atom stereocenters. The molecule has 0 aliphatic heterocycles. The molecule has 0 aliphatic rings. The minimum Gasteiger partial charge on any atom is -0.371 e. The Balaban J connectivity index is 1.68. The minimum atomic E-state index is -1.13. The number of aromatic nitrogens is 4. The summed E-state index contributed by atoms with van der Waals surface area (Å²) in [5.74, 6) is -0.944. The largest absolute Gasteiger partial charge is 0.371 e. The van der Waals surface area contributed by atoms with Crippen LogP contribution in [0.2, 0.25) is 0 Å². The Morgan fingerprint density at radius 1 is 1.06 bits per heavy atom. The third-order valence-electron chi connectivity index (χ3n) is 4.61. The van der Waals surface area contributed by atoms with Crippen LogP contribution >= 0.6 is 0 Å². The molecule has 4 aromatic rings. The number of fused-ring (bicyclic) bond motifs is 1. The number of halogens is 2. The van der Waals surface area contributed by atoms with Crippen molar-refractivity contribution in [3.05, 3.63) is 60.7 Å². The second kappa shape index (κ2) is 9.17. The molecule has 0 amide bonds. The van der Waals surface area contributed by atoms with E-state index in [0.717, 1.165) is 12.5 Å². The number of hydrogen-bond acceptors (Lipinski definition) is 6. The van der Waals surface area contributed by atoms with Crippen molar-refractivity contribution < 1.29 is 13.0 Å². The van der Waals surface area contributed by atoms with Gasteiger partial charge in [0.05, 0.1) is 17.9 Å². The first kappa shape index (κ1) is 20.9. The zero-order chi connectivity index (χ0) is 21.8. The molecule has 1 atom stereocenters. The van der Waals surface area contributed by atoms with Gasteiger partial charge in [-0.25, -0.2) is 23.7 Å². The molecule has 2 heterocycles. The highest BCUT2D eigenvalue weighted by Crippen LogP contribution is 2.34. The van der Waals surface area contributed by atoms with Gasteiger partial charge in [0.2, 0.25) is 0 Å². The van der Waals surface area contributed by atoms with Crippen molar-refractivity contribution in [1.29, 1.82) is 0 Å². The Morgan fingerprint density at radius 2 is 1.90 bits per heavy atom. The topological polar surface area (TPSA) is 95.6 Å². The van der Waals surface area contributed by atoms with Crippen LogP contribution in [0, 0.1) is 11.6 Å². The molecule has 7 nitrogen and oxygen atoms in total. The summed E-state index contributed by atoms with van der Waals surface area (Å²) >= 11 is 0. The van der Waals surface area contributed by atoms with Crippen LogP contribution in [0.1, 0.15) is 13.3 Å². The first-order valence-electron chi connectivity index (χ1n) is 9.65. The van der Waals surface area contributed by atoms with Gasteiger partial charge in [0.15, 0.2) is 11.5 Å². The van der Waals surface area contributed by atoms with Crippen LogP contribution < -0.4 is 10.6 Å². The molecule has 0 aliphatic carbocycles. The maximum absolute atomic E-state index is 15.1. The van der Waals surface area contributed by atoms with Crippen molar-refractivity contribution >= 4 is 39.0 Å². The predicted molar refractivity (Wildman–Crippen MR) is 119 cm³/mol. The summed E-state index contributed by atoms with van der Waals surface area (Å²) < 4.78 is 41.5. The number of nitrogens with one attached hydrogen (secondary N) is 3. The molecule has 0 radical (unpaired) electrons. The van der Waals surface area contributed by atoms with E-state index in [1.807, 2.05) is 6.92 Å². The van der Waals surface area contributed by atoms with Crippen molar-refractivity contribution in [2.24, 2.45) is 0 Å². The van der Waals surface area contributed by atoms with Gasteiger partial charge in [0.1, 0.15) is 29.0 Å². The van der Waals surface area contributed by atoms with E-state index in [9.17, 15) is 8.60 Å². The molecule has 4 rings (SSSR count). The molecule has 31 heavy (non-hydrogen) atoms. The third kappa shape index (κ3) is 4.38.